The van der Waals surface area contributed by atoms with E-state index in [1.54, 1.807) is 6.20 Å². The van der Waals surface area contributed by atoms with E-state index in [-0.39, 0.29) is 11.8 Å². The number of pyridine rings is 1. The van der Waals surface area contributed by atoms with E-state index in [9.17, 15) is 4.79 Å². The zero-order valence-corrected chi connectivity index (χ0v) is 16.1. The zero-order valence-electron chi connectivity index (χ0n) is 16.1. The standard InChI is InChI=1S/C24H22N4O/c29-24(19-12-10-18(11-13-19)17-6-2-1-3-7-17)28-15-5-8-20(16-28)22-26-21-9-4-14-25-23(21)27-22/h1-4,6-7,9-14,20H,5,8,15-16H2,(H,25,26,27). The first-order valence-electron chi connectivity index (χ1n) is 10.0. The number of fused-ring (bicyclic) bond motifs is 1. The molecule has 5 nitrogen and oxygen atoms in total. The van der Waals surface area contributed by atoms with Crippen molar-refractivity contribution in [2.75, 3.05) is 13.1 Å². The highest BCUT2D eigenvalue weighted by atomic mass is 16.2. The summed E-state index contributed by atoms with van der Waals surface area (Å²) in [6.45, 7) is 1.47. The third kappa shape index (κ3) is 3.51. The first-order chi connectivity index (χ1) is 14.3. The van der Waals surface area contributed by atoms with E-state index in [0.717, 1.165) is 53.1 Å². The van der Waals surface area contributed by atoms with Crippen molar-refractivity contribution in [2.24, 2.45) is 0 Å². The second-order valence-corrected chi connectivity index (χ2v) is 7.53. The van der Waals surface area contributed by atoms with Crippen molar-refractivity contribution in [3.63, 3.8) is 0 Å². The molecule has 0 aliphatic carbocycles. The molecule has 1 unspecified atom stereocenters. The molecule has 144 valence electrons. The minimum atomic E-state index is 0.0866. The Morgan fingerprint density at radius 3 is 2.55 bits per heavy atom. The van der Waals surface area contributed by atoms with Crippen LogP contribution in [-0.4, -0.2) is 38.8 Å². The maximum atomic E-state index is 13.1. The van der Waals surface area contributed by atoms with E-state index >= 15 is 0 Å². The fourth-order valence-electron chi connectivity index (χ4n) is 4.06. The van der Waals surface area contributed by atoms with Crippen LogP contribution in [0, 0.1) is 0 Å². The monoisotopic (exact) mass is 382 g/mol. The fourth-order valence-corrected chi connectivity index (χ4v) is 4.06. The number of aromatic nitrogens is 3. The van der Waals surface area contributed by atoms with E-state index in [2.05, 4.69) is 27.1 Å². The van der Waals surface area contributed by atoms with Crippen LogP contribution >= 0.6 is 0 Å². The van der Waals surface area contributed by atoms with Crippen molar-refractivity contribution >= 4 is 17.1 Å². The zero-order chi connectivity index (χ0) is 19.6. The quantitative estimate of drug-likeness (QED) is 0.561. The van der Waals surface area contributed by atoms with Gasteiger partial charge in [0, 0.05) is 30.8 Å². The average molecular weight is 382 g/mol. The molecule has 1 aliphatic rings. The normalized spacial score (nSPS) is 16.8. The number of amides is 1. The molecule has 1 aliphatic heterocycles. The first kappa shape index (κ1) is 17.6. The van der Waals surface area contributed by atoms with E-state index in [4.69, 9.17) is 0 Å². The van der Waals surface area contributed by atoms with Gasteiger partial charge in [-0.25, -0.2) is 9.97 Å². The molecule has 1 N–H and O–H groups in total. The minimum Gasteiger partial charge on any atom is -0.340 e. The fraction of sp³-hybridized carbons (Fsp3) is 0.208. The van der Waals surface area contributed by atoms with Gasteiger partial charge in [-0.15, -0.1) is 0 Å². The van der Waals surface area contributed by atoms with Gasteiger partial charge >= 0.3 is 0 Å². The minimum absolute atomic E-state index is 0.0866. The Balaban J connectivity index is 1.33. The summed E-state index contributed by atoms with van der Waals surface area (Å²) in [6.07, 6.45) is 3.75. The number of hydrogen-bond donors (Lipinski definition) is 1. The number of hydrogen-bond acceptors (Lipinski definition) is 3. The summed E-state index contributed by atoms with van der Waals surface area (Å²) in [5.74, 6) is 1.23. The summed E-state index contributed by atoms with van der Waals surface area (Å²) in [5, 5.41) is 0. The third-order valence-corrected chi connectivity index (χ3v) is 5.61. The van der Waals surface area contributed by atoms with Crippen LogP contribution in [0.25, 0.3) is 22.3 Å². The molecule has 5 rings (SSSR count). The summed E-state index contributed by atoms with van der Waals surface area (Å²) >= 11 is 0. The van der Waals surface area contributed by atoms with Gasteiger partial charge in [0.25, 0.3) is 5.91 Å². The number of nitrogens with one attached hydrogen (secondary N) is 1. The van der Waals surface area contributed by atoms with Gasteiger partial charge in [-0.3, -0.25) is 4.79 Å². The Labute approximate surface area is 169 Å². The molecule has 1 amide bonds. The lowest BCUT2D eigenvalue weighted by Gasteiger charge is -2.32. The summed E-state index contributed by atoms with van der Waals surface area (Å²) in [6, 6.07) is 22.0. The molecule has 4 aromatic rings. The van der Waals surface area contributed by atoms with Crippen molar-refractivity contribution in [1.29, 1.82) is 0 Å². The van der Waals surface area contributed by atoms with Gasteiger partial charge in [0.1, 0.15) is 5.82 Å². The summed E-state index contributed by atoms with van der Waals surface area (Å²) in [5.41, 5.74) is 4.69. The number of rotatable bonds is 3. The van der Waals surface area contributed by atoms with Gasteiger partial charge in [0.15, 0.2) is 5.65 Å². The van der Waals surface area contributed by atoms with Crippen molar-refractivity contribution in [3.8, 4) is 11.1 Å². The van der Waals surface area contributed by atoms with E-state index in [1.807, 2.05) is 59.5 Å². The lowest BCUT2D eigenvalue weighted by Crippen LogP contribution is -2.39. The molecule has 2 aromatic carbocycles. The summed E-state index contributed by atoms with van der Waals surface area (Å²) < 4.78 is 0. The molecule has 1 saturated heterocycles. The predicted octanol–water partition coefficient (Wildman–Crippen LogP) is 4.64. The van der Waals surface area contributed by atoms with Gasteiger partial charge in [0.2, 0.25) is 0 Å². The van der Waals surface area contributed by atoms with Crippen molar-refractivity contribution in [2.45, 2.75) is 18.8 Å². The molecule has 1 atom stereocenters. The van der Waals surface area contributed by atoms with Crippen LogP contribution in [0.15, 0.2) is 72.9 Å². The van der Waals surface area contributed by atoms with Gasteiger partial charge in [-0.2, -0.15) is 0 Å². The number of nitrogens with zero attached hydrogens (tertiary/aromatic N) is 3. The number of carbonyl (C=O) groups excluding carboxylic acids is 1. The van der Waals surface area contributed by atoms with Gasteiger partial charge in [-0.1, -0.05) is 42.5 Å². The summed E-state index contributed by atoms with van der Waals surface area (Å²) in [7, 11) is 0. The Hall–Kier alpha value is -3.47. The van der Waals surface area contributed by atoms with Crippen LogP contribution in [0.3, 0.4) is 0 Å². The highest BCUT2D eigenvalue weighted by Crippen LogP contribution is 2.27. The number of carbonyl (C=O) groups is 1. The maximum Gasteiger partial charge on any atom is 0.253 e. The second-order valence-electron chi connectivity index (χ2n) is 7.53. The largest absolute Gasteiger partial charge is 0.340 e. The molecule has 2 aromatic heterocycles. The average Bonchev–Trinajstić information content (AvgIpc) is 3.24. The highest BCUT2D eigenvalue weighted by Gasteiger charge is 2.27. The number of imidazole rings is 1. The molecule has 0 bridgehead atoms. The number of likely N-dealkylation sites (tertiary alicyclic amines) is 1. The van der Waals surface area contributed by atoms with Crippen LogP contribution in [-0.2, 0) is 0 Å². The van der Waals surface area contributed by atoms with Gasteiger partial charge in [0.05, 0.1) is 5.52 Å². The molecule has 0 radical (unpaired) electrons. The predicted molar refractivity (Wildman–Crippen MR) is 114 cm³/mol. The molecule has 0 saturated carbocycles. The van der Waals surface area contributed by atoms with Gasteiger partial charge in [-0.05, 0) is 48.2 Å². The second kappa shape index (κ2) is 7.51. The Morgan fingerprint density at radius 1 is 0.966 bits per heavy atom. The highest BCUT2D eigenvalue weighted by molar-refractivity contribution is 5.94. The summed E-state index contributed by atoms with van der Waals surface area (Å²) in [4.78, 5) is 27.4. The van der Waals surface area contributed by atoms with Crippen molar-refractivity contribution < 1.29 is 4.79 Å². The van der Waals surface area contributed by atoms with Crippen LogP contribution in [0.2, 0.25) is 0 Å². The molecular formula is C24H22N4O. The molecule has 3 heterocycles. The van der Waals surface area contributed by atoms with E-state index in [1.165, 1.54) is 0 Å². The lowest BCUT2D eigenvalue weighted by atomic mass is 9.96. The first-order valence-corrected chi connectivity index (χ1v) is 10.0. The number of aromatic amines is 1. The van der Waals surface area contributed by atoms with E-state index in [0.29, 0.717) is 6.54 Å². The Morgan fingerprint density at radius 2 is 1.76 bits per heavy atom. The van der Waals surface area contributed by atoms with Gasteiger partial charge < -0.3 is 9.88 Å². The number of H-pyrrole nitrogens is 1. The molecule has 5 heteroatoms. The number of benzene rings is 2. The topological polar surface area (TPSA) is 61.9 Å². The Bertz CT molecular complexity index is 1100. The van der Waals surface area contributed by atoms with Crippen LogP contribution < -0.4 is 0 Å². The van der Waals surface area contributed by atoms with Crippen molar-refractivity contribution in [1.82, 2.24) is 19.9 Å². The molecule has 29 heavy (non-hydrogen) atoms. The molecule has 0 spiro atoms. The smallest absolute Gasteiger partial charge is 0.253 e. The number of piperidine rings is 1. The molecule has 1 fully saturated rings. The van der Waals surface area contributed by atoms with Crippen molar-refractivity contribution in [3.05, 3.63) is 84.3 Å². The maximum absolute atomic E-state index is 13.1. The van der Waals surface area contributed by atoms with Crippen LogP contribution in [0.5, 0.6) is 0 Å². The van der Waals surface area contributed by atoms with E-state index < -0.39 is 0 Å². The lowest BCUT2D eigenvalue weighted by molar-refractivity contribution is 0.0705. The third-order valence-electron chi connectivity index (χ3n) is 5.61. The molecular weight excluding hydrogens is 360 g/mol. The van der Waals surface area contributed by atoms with Crippen LogP contribution in [0.4, 0.5) is 0 Å². The van der Waals surface area contributed by atoms with Crippen LogP contribution in [0.1, 0.15) is 34.9 Å². The Kier molecular flexibility index (Phi) is 4.56. The SMILES string of the molecule is O=C(c1ccc(-c2ccccc2)cc1)N1CCCC(c2nc3ncccc3[nH]2)C1.